The average molecular weight is 338 g/mol. The molecule has 1 aromatic rings. The Hall–Kier alpha value is -0.400. The third-order valence-electron chi connectivity index (χ3n) is 3.49. The molecule has 0 amide bonds. The number of likely N-dealkylation sites (N-methyl/N-ethyl adjacent to an activating group) is 1. The summed E-state index contributed by atoms with van der Waals surface area (Å²) in [6.45, 7) is 0.972. The van der Waals surface area contributed by atoms with E-state index >= 15 is 0 Å². The van der Waals surface area contributed by atoms with Gasteiger partial charge in [0, 0.05) is 19.1 Å². The zero-order valence-corrected chi connectivity index (χ0v) is 13.7. The summed E-state index contributed by atoms with van der Waals surface area (Å²) in [5.74, 6) is 0. The first kappa shape index (κ1) is 16.0. The fourth-order valence-electron chi connectivity index (χ4n) is 2.29. The molecule has 0 saturated carbocycles. The molecule has 0 aromatic carbocycles. The Labute approximate surface area is 129 Å². The van der Waals surface area contributed by atoms with E-state index in [1.54, 1.807) is 0 Å². The van der Waals surface area contributed by atoms with Crippen molar-refractivity contribution in [2.24, 2.45) is 0 Å². The quantitative estimate of drug-likeness (QED) is 0.792. The molecule has 1 atom stereocenters. The number of nitrogens with zero attached hydrogens (tertiary/aromatic N) is 3. The van der Waals surface area contributed by atoms with E-state index in [2.05, 4.69) is 4.98 Å². The Bertz CT molecular complexity index is 592. The molecule has 1 aliphatic heterocycles. The van der Waals surface area contributed by atoms with Gasteiger partial charge in [0.1, 0.15) is 10.0 Å². The van der Waals surface area contributed by atoms with Crippen molar-refractivity contribution in [3.8, 4) is 0 Å². The van der Waals surface area contributed by atoms with Crippen molar-refractivity contribution in [1.82, 2.24) is 14.2 Å². The fraction of sp³-hybridized carbons (Fsp3) is 0.583. The second kappa shape index (κ2) is 6.15. The molecule has 0 N–H and O–H groups in total. The van der Waals surface area contributed by atoms with Crippen LogP contribution in [-0.2, 0) is 10.0 Å². The van der Waals surface area contributed by atoms with E-state index in [0.717, 1.165) is 12.8 Å². The summed E-state index contributed by atoms with van der Waals surface area (Å²) in [6.07, 6.45) is 1.83. The molecule has 1 aromatic heterocycles. The third kappa shape index (κ3) is 3.26. The van der Waals surface area contributed by atoms with Crippen LogP contribution in [0, 0.1) is 0 Å². The van der Waals surface area contributed by atoms with E-state index in [0.29, 0.717) is 13.1 Å². The highest BCUT2D eigenvalue weighted by Crippen LogP contribution is 2.27. The van der Waals surface area contributed by atoms with Crippen LogP contribution in [0.5, 0.6) is 0 Å². The predicted molar refractivity (Wildman–Crippen MR) is 79.7 cm³/mol. The first-order chi connectivity index (χ1) is 9.32. The maximum absolute atomic E-state index is 12.6. The number of hydrogen-bond donors (Lipinski definition) is 0. The molecular formula is C12H17Cl2N3O2S. The molecule has 8 heteroatoms. The summed E-state index contributed by atoms with van der Waals surface area (Å²) in [5.41, 5.74) is 0. The van der Waals surface area contributed by atoms with Crippen LogP contribution in [0.3, 0.4) is 0 Å². The van der Waals surface area contributed by atoms with Crippen molar-refractivity contribution in [3.63, 3.8) is 0 Å². The Balaban J connectivity index is 2.30. The lowest BCUT2D eigenvalue weighted by molar-refractivity contribution is 0.190. The minimum atomic E-state index is -3.62. The van der Waals surface area contributed by atoms with Gasteiger partial charge in [-0.05, 0) is 39.1 Å². The summed E-state index contributed by atoms with van der Waals surface area (Å²) in [6, 6.07) is 3.07. The molecule has 112 valence electrons. The standard InChI is InChI=1S/C12H17Cl2N3O2S/c1-16(2)9-4-3-7-17(8-9)20(18,19)10-5-6-11(13)15-12(10)14/h5-6,9H,3-4,7-8H2,1-2H3. The number of sulfonamides is 1. The SMILES string of the molecule is CN(C)C1CCCN(S(=O)(=O)c2ccc(Cl)nc2Cl)C1. The molecule has 2 heterocycles. The Kier molecular flexibility index (Phi) is 4.92. The van der Waals surface area contributed by atoms with E-state index in [1.165, 1.54) is 16.4 Å². The van der Waals surface area contributed by atoms with E-state index < -0.39 is 10.0 Å². The van der Waals surface area contributed by atoms with Crippen molar-refractivity contribution in [2.75, 3.05) is 27.2 Å². The minimum absolute atomic E-state index is 0.0166. The number of halogens is 2. The molecule has 0 radical (unpaired) electrons. The van der Waals surface area contributed by atoms with E-state index in [1.807, 2.05) is 19.0 Å². The lowest BCUT2D eigenvalue weighted by Gasteiger charge is -2.35. The van der Waals surface area contributed by atoms with E-state index in [-0.39, 0.29) is 21.2 Å². The van der Waals surface area contributed by atoms with Crippen molar-refractivity contribution in [2.45, 2.75) is 23.8 Å². The maximum Gasteiger partial charge on any atom is 0.246 e. The predicted octanol–water partition coefficient (Wildman–Crippen LogP) is 2.10. The molecule has 1 saturated heterocycles. The van der Waals surface area contributed by atoms with Crippen LogP contribution in [0.2, 0.25) is 10.3 Å². The zero-order chi connectivity index (χ0) is 14.9. The van der Waals surface area contributed by atoms with Gasteiger partial charge in [-0.2, -0.15) is 4.31 Å². The minimum Gasteiger partial charge on any atom is -0.305 e. The highest BCUT2D eigenvalue weighted by molar-refractivity contribution is 7.89. The zero-order valence-electron chi connectivity index (χ0n) is 11.4. The van der Waals surface area contributed by atoms with E-state index in [4.69, 9.17) is 23.2 Å². The number of pyridine rings is 1. The smallest absolute Gasteiger partial charge is 0.246 e. The van der Waals surface area contributed by atoms with Crippen molar-refractivity contribution < 1.29 is 8.42 Å². The number of piperidine rings is 1. The number of rotatable bonds is 3. The number of hydrogen-bond acceptors (Lipinski definition) is 4. The van der Waals surface area contributed by atoms with Gasteiger partial charge in [-0.3, -0.25) is 0 Å². The summed E-state index contributed by atoms with van der Waals surface area (Å²) < 4.78 is 26.7. The van der Waals surface area contributed by atoms with Gasteiger partial charge < -0.3 is 4.90 Å². The van der Waals surface area contributed by atoms with Crippen LogP contribution in [0.25, 0.3) is 0 Å². The lowest BCUT2D eigenvalue weighted by atomic mass is 10.1. The molecule has 0 spiro atoms. The Morgan fingerprint density at radius 1 is 1.35 bits per heavy atom. The molecule has 20 heavy (non-hydrogen) atoms. The topological polar surface area (TPSA) is 53.5 Å². The van der Waals surface area contributed by atoms with Crippen LogP contribution in [-0.4, -0.2) is 55.8 Å². The van der Waals surface area contributed by atoms with E-state index in [9.17, 15) is 8.42 Å². The van der Waals surface area contributed by atoms with Crippen molar-refractivity contribution in [1.29, 1.82) is 0 Å². The second-order valence-corrected chi connectivity index (χ2v) is 7.70. The van der Waals surface area contributed by atoms with Gasteiger partial charge in [-0.1, -0.05) is 23.2 Å². The summed E-state index contributed by atoms with van der Waals surface area (Å²) in [5, 5.41) is 0.100. The van der Waals surface area contributed by atoms with Gasteiger partial charge in [0.2, 0.25) is 10.0 Å². The molecule has 5 nitrogen and oxygen atoms in total. The van der Waals surface area contributed by atoms with Crippen LogP contribution >= 0.6 is 23.2 Å². The highest BCUT2D eigenvalue weighted by atomic mass is 35.5. The van der Waals surface area contributed by atoms with Crippen LogP contribution < -0.4 is 0 Å². The highest BCUT2D eigenvalue weighted by Gasteiger charge is 2.32. The Morgan fingerprint density at radius 3 is 2.65 bits per heavy atom. The van der Waals surface area contributed by atoms with Gasteiger partial charge in [0.05, 0.1) is 0 Å². The average Bonchev–Trinajstić information content (AvgIpc) is 2.38. The van der Waals surface area contributed by atoms with Gasteiger partial charge in [0.25, 0.3) is 0 Å². The molecule has 0 aliphatic carbocycles. The van der Waals surface area contributed by atoms with Crippen LogP contribution in [0.4, 0.5) is 0 Å². The lowest BCUT2D eigenvalue weighted by Crippen LogP contribution is -2.47. The fourth-order valence-corrected chi connectivity index (χ4v) is 4.44. The van der Waals surface area contributed by atoms with Gasteiger partial charge in [-0.15, -0.1) is 0 Å². The van der Waals surface area contributed by atoms with Crippen LogP contribution in [0.15, 0.2) is 17.0 Å². The second-order valence-electron chi connectivity index (χ2n) is 5.05. The molecule has 2 rings (SSSR count). The first-order valence-corrected chi connectivity index (χ1v) is 8.50. The summed E-state index contributed by atoms with van der Waals surface area (Å²) in [4.78, 5) is 5.87. The monoisotopic (exact) mass is 337 g/mol. The normalized spacial score (nSPS) is 21.4. The number of aromatic nitrogens is 1. The van der Waals surface area contributed by atoms with Gasteiger partial charge >= 0.3 is 0 Å². The van der Waals surface area contributed by atoms with Gasteiger partial charge in [0.15, 0.2) is 5.15 Å². The largest absolute Gasteiger partial charge is 0.305 e. The molecule has 1 fully saturated rings. The summed E-state index contributed by atoms with van der Waals surface area (Å²) >= 11 is 11.6. The molecular weight excluding hydrogens is 321 g/mol. The van der Waals surface area contributed by atoms with Crippen molar-refractivity contribution in [3.05, 3.63) is 22.4 Å². The van der Waals surface area contributed by atoms with Crippen LogP contribution in [0.1, 0.15) is 12.8 Å². The van der Waals surface area contributed by atoms with Gasteiger partial charge in [-0.25, -0.2) is 13.4 Å². The molecule has 0 bridgehead atoms. The maximum atomic E-state index is 12.6. The first-order valence-electron chi connectivity index (χ1n) is 6.31. The third-order valence-corrected chi connectivity index (χ3v) is 6.00. The van der Waals surface area contributed by atoms with Crippen molar-refractivity contribution >= 4 is 33.2 Å². The Morgan fingerprint density at radius 2 is 2.05 bits per heavy atom. The summed E-state index contributed by atoms with van der Waals surface area (Å²) in [7, 11) is 0.290. The molecule has 1 unspecified atom stereocenters. The molecule has 1 aliphatic rings.